The van der Waals surface area contributed by atoms with E-state index in [-0.39, 0.29) is 11.5 Å². The fourth-order valence-corrected chi connectivity index (χ4v) is 1.88. The highest BCUT2D eigenvalue weighted by Gasteiger charge is 2.29. The van der Waals surface area contributed by atoms with Crippen LogP contribution < -0.4 is 5.73 Å². The van der Waals surface area contributed by atoms with Crippen LogP contribution in [-0.2, 0) is 4.79 Å². The number of allylic oxidation sites excluding steroid dienone is 2. The molecule has 0 saturated carbocycles. The molecule has 0 bridgehead atoms. The second kappa shape index (κ2) is 4.74. The van der Waals surface area contributed by atoms with E-state index in [0.717, 1.165) is 0 Å². The Morgan fingerprint density at radius 3 is 2.56 bits per heavy atom. The summed E-state index contributed by atoms with van der Waals surface area (Å²) < 4.78 is 0. The van der Waals surface area contributed by atoms with Gasteiger partial charge in [0.1, 0.15) is 5.38 Å². The van der Waals surface area contributed by atoms with Gasteiger partial charge in [-0.3, -0.25) is 4.79 Å². The number of nitrogens with zero attached hydrogens (tertiary/aromatic N) is 1. The van der Waals surface area contributed by atoms with E-state index < -0.39 is 5.38 Å². The Morgan fingerprint density at radius 1 is 1.33 bits per heavy atom. The van der Waals surface area contributed by atoms with Gasteiger partial charge in [-0.1, -0.05) is 0 Å². The largest absolute Gasteiger partial charge is 0.399 e. The van der Waals surface area contributed by atoms with Gasteiger partial charge < -0.3 is 11.1 Å². The number of carbonyl (C=O) groups is 1. The average Bonchev–Trinajstić information content (AvgIpc) is 2.36. The first-order valence-electron chi connectivity index (χ1n) is 5.38. The van der Waals surface area contributed by atoms with Gasteiger partial charge in [-0.25, -0.2) is 4.99 Å². The van der Waals surface area contributed by atoms with Crippen molar-refractivity contribution in [2.75, 3.05) is 5.73 Å². The number of hydrogen-bond donors (Lipinski definition) is 2. The van der Waals surface area contributed by atoms with E-state index in [2.05, 4.69) is 4.99 Å². The number of rotatable bonds is 1. The van der Waals surface area contributed by atoms with Crippen LogP contribution in [0.25, 0.3) is 0 Å². The van der Waals surface area contributed by atoms with E-state index in [9.17, 15) is 4.79 Å². The van der Waals surface area contributed by atoms with Gasteiger partial charge in [-0.05, 0) is 42.8 Å². The third-order valence-electron chi connectivity index (χ3n) is 2.64. The Hall–Kier alpha value is -1.94. The Morgan fingerprint density at radius 2 is 1.94 bits per heavy atom. The Balaban J connectivity index is 2.41. The highest BCUT2D eigenvalue weighted by molar-refractivity contribution is 6.63. The molecule has 0 fully saturated rings. The lowest BCUT2D eigenvalue weighted by molar-refractivity contribution is -0.114. The fraction of sp³-hybridized carbons (Fsp3) is 0.154. The van der Waals surface area contributed by atoms with Crippen LogP contribution in [0.2, 0.25) is 0 Å². The smallest absolute Gasteiger partial charge is 0.182 e. The van der Waals surface area contributed by atoms with Gasteiger partial charge in [0.15, 0.2) is 5.78 Å². The monoisotopic (exact) mass is 261 g/mol. The number of carbonyl (C=O) groups excluding carboxylic acids is 1. The van der Waals surface area contributed by atoms with Crippen LogP contribution in [0.15, 0.2) is 40.9 Å². The first-order chi connectivity index (χ1) is 8.49. The molecule has 4 nitrogen and oxygen atoms in total. The first-order valence-corrected chi connectivity index (χ1v) is 5.82. The minimum Gasteiger partial charge on any atom is -0.399 e. The summed E-state index contributed by atoms with van der Waals surface area (Å²) in [6.45, 7) is 1.67. The van der Waals surface area contributed by atoms with Crippen molar-refractivity contribution in [3.05, 3.63) is 35.9 Å². The molecule has 1 aromatic carbocycles. The van der Waals surface area contributed by atoms with Crippen LogP contribution in [0.5, 0.6) is 0 Å². The number of alkyl halides is 1. The highest BCUT2D eigenvalue weighted by Crippen LogP contribution is 2.20. The molecule has 2 rings (SSSR count). The van der Waals surface area contributed by atoms with Gasteiger partial charge in [0.25, 0.3) is 0 Å². The molecule has 5 heteroatoms. The number of aliphatic imine (C=N–C) groups is 1. The van der Waals surface area contributed by atoms with Crippen molar-refractivity contribution in [1.82, 2.24) is 0 Å². The summed E-state index contributed by atoms with van der Waals surface area (Å²) in [7, 11) is 0. The van der Waals surface area contributed by atoms with Gasteiger partial charge in [-0.2, -0.15) is 0 Å². The molecule has 1 aliphatic carbocycles. The van der Waals surface area contributed by atoms with Gasteiger partial charge in [0.2, 0.25) is 0 Å². The van der Waals surface area contributed by atoms with Crippen LogP contribution in [-0.4, -0.2) is 22.6 Å². The SMILES string of the molecule is CC1=CC(=Nc2ccc(N)cc2)C(=N)C(Cl)C1=O. The zero-order chi connectivity index (χ0) is 13.3. The molecule has 1 aromatic rings. The second-order valence-electron chi connectivity index (χ2n) is 4.06. The van der Waals surface area contributed by atoms with Gasteiger partial charge in [-0.15, -0.1) is 11.6 Å². The van der Waals surface area contributed by atoms with Crippen LogP contribution in [0.1, 0.15) is 6.92 Å². The summed E-state index contributed by atoms with van der Waals surface area (Å²) in [5.74, 6) is -0.238. The van der Waals surface area contributed by atoms with E-state index in [0.29, 0.717) is 22.7 Å². The quantitative estimate of drug-likeness (QED) is 0.602. The lowest BCUT2D eigenvalue weighted by atomic mass is 9.95. The molecule has 18 heavy (non-hydrogen) atoms. The van der Waals surface area contributed by atoms with Crippen molar-refractivity contribution >= 4 is 40.2 Å². The van der Waals surface area contributed by atoms with Gasteiger partial charge >= 0.3 is 0 Å². The van der Waals surface area contributed by atoms with E-state index >= 15 is 0 Å². The molecular formula is C13H12ClN3O. The predicted octanol–water partition coefficient (Wildman–Crippen LogP) is 2.50. The molecule has 0 amide bonds. The van der Waals surface area contributed by atoms with Crippen LogP contribution in [0.3, 0.4) is 0 Å². The van der Waals surface area contributed by atoms with E-state index in [1.807, 2.05) is 0 Å². The zero-order valence-electron chi connectivity index (χ0n) is 9.77. The molecule has 0 aliphatic heterocycles. The summed E-state index contributed by atoms with van der Waals surface area (Å²) in [5.41, 5.74) is 7.86. The third kappa shape index (κ3) is 2.33. The van der Waals surface area contributed by atoms with Crippen molar-refractivity contribution in [2.45, 2.75) is 12.3 Å². The summed E-state index contributed by atoms with van der Waals surface area (Å²) in [5, 5.41) is 6.87. The van der Waals surface area contributed by atoms with Crippen molar-refractivity contribution in [1.29, 1.82) is 5.41 Å². The Labute approximate surface area is 110 Å². The van der Waals surface area contributed by atoms with Crippen LogP contribution >= 0.6 is 11.6 Å². The summed E-state index contributed by atoms with van der Waals surface area (Å²) in [6.07, 6.45) is 1.58. The standard InChI is InChI=1S/C13H12ClN3O/c1-7-6-10(12(16)11(14)13(7)18)17-9-4-2-8(15)3-5-9/h2-6,11,16H,15H2,1H3. The maximum absolute atomic E-state index is 11.6. The van der Waals surface area contributed by atoms with Crippen LogP contribution in [0.4, 0.5) is 11.4 Å². The number of benzene rings is 1. The molecule has 92 valence electrons. The maximum atomic E-state index is 11.6. The van der Waals surface area contributed by atoms with Gasteiger partial charge in [0.05, 0.1) is 17.1 Å². The number of nitrogen functional groups attached to an aromatic ring is 1. The van der Waals surface area contributed by atoms with E-state index in [4.69, 9.17) is 22.7 Å². The molecule has 1 atom stereocenters. The fourth-order valence-electron chi connectivity index (χ4n) is 1.60. The van der Waals surface area contributed by atoms with E-state index in [1.54, 1.807) is 37.3 Å². The highest BCUT2D eigenvalue weighted by atomic mass is 35.5. The lowest BCUT2D eigenvalue weighted by Gasteiger charge is -2.16. The van der Waals surface area contributed by atoms with E-state index in [1.165, 1.54) is 0 Å². The number of anilines is 1. The lowest BCUT2D eigenvalue weighted by Crippen LogP contribution is -2.34. The minimum atomic E-state index is -0.942. The summed E-state index contributed by atoms with van der Waals surface area (Å²) >= 11 is 5.88. The van der Waals surface area contributed by atoms with Gasteiger partial charge in [0, 0.05) is 5.69 Å². The number of nitrogens with one attached hydrogen (secondary N) is 1. The second-order valence-corrected chi connectivity index (χ2v) is 4.49. The Bertz CT molecular complexity index is 572. The number of Topliss-reactive ketones (excluding diaryl/α,β-unsaturated/α-hetero) is 1. The molecule has 1 aliphatic rings. The molecule has 0 aromatic heterocycles. The molecule has 1 unspecified atom stereocenters. The van der Waals surface area contributed by atoms with Crippen molar-refractivity contribution in [3.8, 4) is 0 Å². The minimum absolute atomic E-state index is 0.0316. The first kappa shape index (κ1) is 12.5. The summed E-state index contributed by atoms with van der Waals surface area (Å²) in [6, 6.07) is 6.95. The molecule has 0 saturated heterocycles. The summed E-state index contributed by atoms with van der Waals surface area (Å²) in [4.78, 5) is 15.9. The molecule has 0 heterocycles. The molecule has 0 radical (unpaired) electrons. The normalized spacial score (nSPS) is 22.2. The van der Waals surface area contributed by atoms with Crippen molar-refractivity contribution < 1.29 is 4.79 Å². The third-order valence-corrected chi connectivity index (χ3v) is 3.06. The van der Waals surface area contributed by atoms with Crippen molar-refractivity contribution in [2.24, 2.45) is 4.99 Å². The van der Waals surface area contributed by atoms with Crippen LogP contribution in [0, 0.1) is 5.41 Å². The average molecular weight is 262 g/mol. The van der Waals surface area contributed by atoms with Crippen molar-refractivity contribution in [3.63, 3.8) is 0 Å². The zero-order valence-corrected chi connectivity index (χ0v) is 10.5. The topological polar surface area (TPSA) is 79.3 Å². The molecule has 0 spiro atoms. The number of hydrogen-bond acceptors (Lipinski definition) is 4. The number of nitrogens with two attached hydrogens (primary N) is 1. The maximum Gasteiger partial charge on any atom is 0.182 e. The predicted molar refractivity (Wildman–Crippen MR) is 74.1 cm³/mol. The number of ketones is 1. The Kier molecular flexibility index (Phi) is 3.30. The molecule has 3 N–H and O–H groups in total. The molecular weight excluding hydrogens is 250 g/mol. The number of halogens is 1.